The predicted octanol–water partition coefficient (Wildman–Crippen LogP) is 3.78. The highest BCUT2D eigenvalue weighted by Crippen LogP contribution is 2.25. The lowest BCUT2D eigenvalue weighted by Gasteiger charge is -2.21. The van der Waals surface area contributed by atoms with Crippen molar-refractivity contribution in [1.29, 1.82) is 0 Å². The van der Waals surface area contributed by atoms with Gasteiger partial charge in [0.05, 0.1) is 6.54 Å². The van der Waals surface area contributed by atoms with E-state index in [2.05, 4.69) is 0 Å². The Labute approximate surface area is 97.6 Å². The van der Waals surface area contributed by atoms with Gasteiger partial charge in [-0.15, -0.1) is 11.6 Å². The zero-order valence-electron chi connectivity index (χ0n) is 8.18. The van der Waals surface area contributed by atoms with Gasteiger partial charge in [0, 0.05) is 23.6 Å². The molecule has 0 N–H and O–H groups in total. The molecule has 1 aromatic carbocycles. The number of alkyl halides is 3. The zero-order chi connectivity index (χ0) is 11.4. The van der Waals surface area contributed by atoms with Gasteiger partial charge in [-0.1, -0.05) is 17.7 Å². The Morgan fingerprint density at radius 2 is 2.07 bits per heavy atom. The third-order valence-corrected chi connectivity index (χ3v) is 2.54. The molecule has 0 atom stereocenters. The summed E-state index contributed by atoms with van der Waals surface area (Å²) in [5, 5.41) is 0.514. The SMILES string of the molecule is CN(CC(F)F)c1cc(Cl)ccc1CCl. The first-order valence-electron chi connectivity index (χ1n) is 4.38. The van der Waals surface area contributed by atoms with Gasteiger partial charge in [0.15, 0.2) is 0 Å². The molecule has 0 aliphatic rings. The normalized spacial score (nSPS) is 10.8. The van der Waals surface area contributed by atoms with E-state index < -0.39 is 6.43 Å². The Balaban J connectivity index is 2.94. The smallest absolute Gasteiger partial charge is 0.255 e. The maximum atomic E-state index is 12.2. The van der Waals surface area contributed by atoms with Gasteiger partial charge >= 0.3 is 0 Å². The van der Waals surface area contributed by atoms with Crippen molar-refractivity contribution in [1.82, 2.24) is 0 Å². The maximum Gasteiger partial charge on any atom is 0.255 e. The van der Waals surface area contributed by atoms with Gasteiger partial charge in [-0.2, -0.15) is 0 Å². The fourth-order valence-electron chi connectivity index (χ4n) is 1.31. The van der Waals surface area contributed by atoms with Crippen LogP contribution in [0.2, 0.25) is 5.02 Å². The Morgan fingerprint density at radius 1 is 1.40 bits per heavy atom. The van der Waals surface area contributed by atoms with E-state index in [0.717, 1.165) is 5.56 Å². The summed E-state index contributed by atoms with van der Waals surface area (Å²) in [6, 6.07) is 5.08. The quantitative estimate of drug-likeness (QED) is 0.739. The molecule has 0 aliphatic heterocycles. The number of hydrogen-bond acceptors (Lipinski definition) is 1. The molecule has 5 heteroatoms. The molecule has 0 aromatic heterocycles. The van der Waals surface area contributed by atoms with E-state index in [-0.39, 0.29) is 12.4 Å². The molecule has 0 radical (unpaired) electrons. The van der Waals surface area contributed by atoms with Crippen molar-refractivity contribution < 1.29 is 8.78 Å². The van der Waals surface area contributed by atoms with Crippen molar-refractivity contribution >= 4 is 28.9 Å². The average Bonchev–Trinajstić information content (AvgIpc) is 2.16. The van der Waals surface area contributed by atoms with E-state index in [9.17, 15) is 8.78 Å². The number of hydrogen-bond donors (Lipinski definition) is 0. The summed E-state index contributed by atoms with van der Waals surface area (Å²) in [5.41, 5.74) is 1.45. The van der Waals surface area contributed by atoms with Crippen LogP contribution in [0.3, 0.4) is 0 Å². The predicted molar refractivity (Wildman–Crippen MR) is 60.3 cm³/mol. The van der Waals surface area contributed by atoms with Gasteiger partial charge in [-0.25, -0.2) is 8.78 Å². The topological polar surface area (TPSA) is 3.24 Å². The van der Waals surface area contributed by atoms with E-state index in [1.165, 1.54) is 4.90 Å². The second-order valence-electron chi connectivity index (χ2n) is 3.18. The van der Waals surface area contributed by atoms with E-state index in [4.69, 9.17) is 23.2 Å². The zero-order valence-corrected chi connectivity index (χ0v) is 9.69. The standard InChI is InChI=1S/C10H11Cl2F2N/c1-15(6-10(13)14)9-4-8(12)3-2-7(9)5-11/h2-4,10H,5-6H2,1H3. The summed E-state index contributed by atoms with van der Waals surface area (Å²) in [4.78, 5) is 1.45. The molecule has 1 rings (SSSR count). The van der Waals surface area contributed by atoms with Crippen molar-refractivity contribution in [2.45, 2.75) is 12.3 Å². The Hall–Kier alpha value is -0.540. The molecule has 0 heterocycles. The van der Waals surface area contributed by atoms with Crippen molar-refractivity contribution in [2.24, 2.45) is 0 Å². The highest BCUT2D eigenvalue weighted by molar-refractivity contribution is 6.31. The van der Waals surface area contributed by atoms with Crippen LogP contribution in [0.1, 0.15) is 5.56 Å². The molecule has 0 unspecified atom stereocenters. The molecule has 0 saturated heterocycles. The summed E-state index contributed by atoms with van der Waals surface area (Å²) in [6.45, 7) is -0.329. The van der Waals surface area contributed by atoms with Crippen molar-refractivity contribution in [2.75, 3.05) is 18.5 Å². The van der Waals surface area contributed by atoms with Crippen LogP contribution in [-0.2, 0) is 5.88 Å². The number of anilines is 1. The molecule has 84 valence electrons. The van der Waals surface area contributed by atoms with Gasteiger partial charge in [0.1, 0.15) is 0 Å². The van der Waals surface area contributed by atoms with Crippen LogP contribution in [0, 0.1) is 0 Å². The number of halogens is 4. The van der Waals surface area contributed by atoms with Crippen molar-refractivity contribution in [3.8, 4) is 0 Å². The fourth-order valence-corrected chi connectivity index (χ4v) is 1.70. The molecule has 0 amide bonds. The largest absolute Gasteiger partial charge is 0.369 e. The van der Waals surface area contributed by atoms with Crippen LogP contribution < -0.4 is 4.90 Å². The minimum absolute atomic E-state index is 0.278. The lowest BCUT2D eigenvalue weighted by Crippen LogP contribution is -2.24. The van der Waals surface area contributed by atoms with Crippen molar-refractivity contribution in [3.63, 3.8) is 0 Å². The minimum atomic E-state index is -2.38. The van der Waals surface area contributed by atoms with Gasteiger partial charge in [0.25, 0.3) is 6.43 Å². The van der Waals surface area contributed by atoms with Crippen LogP contribution in [0.4, 0.5) is 14.5 Å². The molecule has 0 fully saturated rings. The highest BCUT2D eigenvalue weighted by atomic mass is 35.5. The van der Waals surface area contributed by atoms with Gasteiger partial charge in [0.2, 0.25) is 0 Å². The molecule has 0 bridgehead atoms. The molecule has 1 nitrogen and oxygen atoms in total. The number of benzene rings is 1. The monoisotopic (exact) mass is 253 g/mol. The van der Waals surface area contributed by atoms with E-state index in [1.807, 2.05) is 0 Å². The van der Waals surface area contributed by atoms with E-state index >= 15 is 0 Å². The highest BCUT2D eigenvalue weighted by Gasteiger charge is 2.12. The molecular weight excluding hydrogens is 243 g/mol. The molecule has 0 spiro atoms. The number of nitrogens with zero attached hydrogens (tertiary/aromatic N) is 1. The van der Waals surface area contributed by atoms with Gasteiger partial charge in [-0.05, 0) is 17.7 Å². The first-order chi connectivity index (χ1) is 7.04. The molecule has 0 aliphatic carbocycles. The molecule has 15 heavy (non-hydrogen) atoms. The van der Waals surface area contributed by atoms with Crippen LogP contribution in [0.25, 0.3) is 0 Å². The maximum absolute atomic E-state index is 12.2. The minimum Gasteiger partial charge on any atom is -0.369 e. The van der Waals surface area contributed by atoms with Crippen LogP contribution in [0.5, 0.6) is 0 Å². The Bertz CT molecular complexity index is 331. The second-order valence-corrected chi connectivity index (χ2v) is 3.88. The third kappa shape index (κ3) is 3.50. The molecule has 0 saturated carbocycles. The Kier molecular flexibility index (Phi) is 4.61. The van der Waals surface area contributed by atoms with E-state index in [1.54, 1.807) is 25.2 Å². The number of rotatable bonds is 4. The first kappa shape index (κ1) is 12.5. The summed E-state index contributed by atoms with van der Waals surface area (Å²) in [6.07, 6.45) is -2.38. The van der Waals surface area contributed by atoms with Gasteiger partial charge < -0.3 is 4.90 Å². The van der Waals surface area contributed by atoms with E-state index in [0.29, 0.717) is 10.7 Å². The fraction of sp³-hybridized carbons (Fsp3) is 0.400. The summed E-state index contributed by atoms with van der Waals surface area (Å²) >= 11 is 11.5. The van der Waals surface area contributed by atoms with Crippen LogP contribution >= 0.6 is 23.2 Å². The summed E-state index contributed by atoms with van der Waals surface area (Å²) in [7, 11) is 1.59. The first-order valence-corrected chi connectivity index (χ1v) is 5.29. The lowest BCUT2D eigenvalue weighted by atomic mass is 10.2. The second kappa shape index (κ2) is 5.52. The van der Waals surface area contributed by atoms with Crippen LogP contribution in [0.15, 0.2) is 18.2 Å². The van der Waals surface area contributed by atoms with Crippen LogP contribution in [-0.4, -0.2) is 20.0 Å². The molecule has 1 aromatic rings. The van der Waals surface area contributed by atoms with Crippen molar-refractivity contribution in [3.05, 3.63) is 28.8 Å². The Morgan fingerprint density at radius 3 is 2.60 bits per heavy atom. The lowest BCUT2D eigenvalue weighted by molar-refractivity contribution is 0.156. The molecular formula is C10H11Cl2F2N. The summed E-state index contributed by atoms with van der Waals surface area (Å²) in [5.74, 6) is 0.278. The average molecular weight is 254 g/mol. The third-order valence-electron chi connectivity index (χ3n) is 2.01. The van der Waals surface area contributed by atoms with Gasteiger partial charge in [-0.3, -0.25) is 0 Å². The summed E-state index contributed by atoms with van der Waals surface area (Å²) < 4.78 is 24.4.